The Morgan fingerprint density at radius 1 is 1.03 bits per heavy atom. The molecule has 0 saturated carbocycles. The van der Waals surface area contributed by atoms with Crippen LogP contribution in [0.4, 0.5) is 5.82 Å². The molecule has 0 radical (unpaired) electrons. The van der Waals surface area contributed by atoms with Crippen LogP contribution in [0.15, 0.2) is 54.6 Å². The minimum Gasteiger partial charge on any atom is -0.341 e. The molecule has 0 spiro atoms. The number of fused-ring (bicyclic) bond motifs is 1. The Morgan fingerprint density at radius 2 is 1.76 bits per heavy atom. The lowest BCUT2D eigenvalue weighted by Crippen LogP contribution is -2.37. The van der Waals surface area contributed by atoms with E-state index in [1.165, 1.54) is 0 Å². The van der Waals surface area contributed by atoms with Crippen molar-refractivity contribution in [2.45, 2.75) is 31.4 Å². The first-order valence-electron chi connectivity index (χ1n) is 9.46. The average Bonchev–Trinajstić information content (AvgIpc) is 3.31. The van der Waals surface area contributed by atoms with E-state index in [4.69, 9.17) is 5.10 Å². The number of carbonyl (C=O) groups excluding carboxylic acids is 2. The van der Waals surface area contributed by atoms with Gasteiger partial charge in [0.1, 0.15) is 5.82 Å². The molecule has 148 valence electrons. The number of aryl methyl sites for hydroxylation is 1. The van der Waals surface area contributed by atoms with Crippen LogP contribution < -0.4 is 10.6 Å². The number of thioether (sulfide) groups is 1. The largest absolute Gasteiger partial charge is 0.341 e. The van der Waals surface area contributed by atoms with Gasteiger partial charge in [0, 0.05) is 17.1 Å². The first-order valence-corrected chi connectivity index (χ1v) is 10.6. The Kier molecular flexibility index (Phi) is 5.40. The van der Waals surface area contributed by atoms with Gasteiger partial charge >= 0.3 is 11.8 Å². The van der Waals surface area contributed by atoms with Gasteiger partial charge in [-0.2, -0.15) is 16.9 Å². The normalized spacial score (nSPS) is 13.6. The fourth-order valence-corrected chi connectivity index (χ4v) is 4.40. The van der Waals surface area contributed by atoms with Gasteiger partial charge in [0.2, 0.25) is 0 Å². The van der Waals surface area contributed by atoms with E-state index in [1.54, 1.807) is 16.4 Å². The molecule has 0 bridgehead atoms. The Bertz CT molecular complexity index is 1060. The second-order valence-corrected chi connectivity index (χ2v) is 8.01. The highest BCUT2D eigenvalue weighted by atomic mass is 32.2. The number of anilines is 1. The van der Waals surface area contributed by atoms with E-state index in [1.807, 2.05) is 68.4 Å². The number of carbonyl (C=O) groups is 2. The van der Waals surface area contributed by atoms with Gasteiger partial charge in [-0.15, -0.1) is 0 Å². The molecule has 1 aliphatic heterocycles. The molecule has 2 amide bonds. The molecule has 6 nitrogen and oxygen atoms in total. The summed E-state index contributed by atoms with van der Waals surface area (Å²) in [6, 6.07) is 17.1. The van der Waals surface area contributed by atoms with Crippen LogP contribution in [0.2, 0.25) is 0 Å². The maximum Gasteiger partial charge on any atom is 0.314 e. The lowest BCUT2D eigenvalue weighted by molar-refractivity contribution is -0.136. The Morgan fingerprint density at radius 3 is 2.52 bits per heavy atom. The third kappa shape index (κ3) is 3.91. The maximum absolute atomic E-state index is 12.7. The number of nitrogens with one attached hydrogen (secondary N) is 2. The van der Waals surface area contributed by atoms with Gasteiger partial charge < -0.3 is 10.6 Å². The predicted molar refractivity (Wildman–Crippen MR) is 115 cm³/mol. The molecule has 2 N–H and O–H groups in total. The molecule has 3 aromatic rings. The van der Waals surface area contributed by atoms with E-state index in [-0.39, 0.29) is 6.04 Å². The van der Waals surface area contributed by atoms with Gasteiger partial charge in [0.15, 0.2) is 0 Å². The zero-order valence-corrected chi connectivity index (χ0v) is 17.1. The van der Waals surface area contributed by atoms with Crippen LogP contribution in [0, 0.1) is 6.92 Å². The van der Waals surface area contributed by atoms with Gasteiger partial charge in [-0.05, 0) is 31.0 Å². The molecule has 1 aromatic heterocycles. The first-order chi connectivity index (χ1) is 14.0. The minimum absolute atomic E-state index is 0.267. The highest BCUT2D eigenvalue weighted by Crippen LogP contribution is 2.36. The number of hydrogen-bond acceptors (Lipinski definition) is 4. The average molecular weight is 407 g/mol. The Hall–Kier alpha value is -3.06. The third-order valence-electron chi connectivity index (χ3n) is 4.98. The molecule has 0 aliphatic carbocycles. The summed E-state index contributed by atoms with van der Waals surface area (Å²) in [6.45, 7) is 3.85. The molecule has 2 heterocycles. The van der Waals surface area contributed by atoms with Crippen LogP contribution in [0.3, 0.4) is 0 Å². The number of nitrogens with zero attached hydrogens (tertiary/aromatic N) is 2. The molecule has 0 fully saturated rings. The van der Waals surface area contributed by atoms with E-state index in [0.29, 0.717) is 5.82 Å². The van der Waals surface area contributed by atoms with E-state index >= 15 is 0 Å². The van der Waals surface area contributed by atoms with Crippen molar-refractivity contribution in [3.05, 3.63) is 77.0 Å². The van der Waals surface area contributed by atoms with Crippen LogP contribution in [-0.4, -0.2) is 21.6 Å². The lowest BCUT2D eigenvalue weighted by atomic mass is 10.1. The van der Waals surface area contributed by atoms with Crippen LogP contribution in [0.25, 0.3) is 5.69 Å². The third-order valence-corrected chi connectivity index (χ3v) is 5.95. The topological polar surface area (TPSA) is 76.0 Å². The highest BCUT2D eigenvalue weighted by molar-refractivity contribution is 7.98. The number of para-hydroxylation sites is 1. The zero-order chi connectivity index (χ0) is 20.4. The van der Waals surface area contributed by atoms with Crippen molar-refractivity contribution >= 4 is 29.4 Å². The maximum atomic E-state index is 12.7. The molecule has 7 heteroatoms. The van der Waals surface area contributed by atoms with Crippen molar-refractivity contribution in [1.82, 2.24) is 15.1 Å². The van der Waals surface area contributed by atoms with Crippen LogP contribution in [-0.2, 0) is 21.1 Å². The molecule has 0 unspecified atom stereocenters. The Balaban J connectivity index is 1.57. The van der Waals surface area contributed by atoms with Crippen LogP contribution >= 0.6 is 11.8 Å². The van der Waals surface area contributed by atoms with E-state index in [2.05, 4.69) is 10.6 Å². The van der Waals surface area contributed by atoms with E-state index in [9.17, 15) is 9.59 Å². The van der Waals surface area contributed by atoms with Gasteiger partial charge in [0.25, 0.3) is 0 Å². The van der Waals surface area contributed by atoms with Crippen molar-refractivity contribution in [1.29, 1.82) is 0 Å². The molecule has 0 saturated heterocycles. The smallest absolute Gasteiger partial charge is 0.314 e. The van der Waals surface area contributed by atoms with Crippen LogP contribution in [0.1, 0.15) is 35.3 Å². The zero-order valence-electron chi connectivity index (χ0n) is 16.3. The standard InChI is InChI=1S/C22H22N4O2S/c1-14-8-6-7-11-19(14)26-20(17-12-29-13-18(17)25-26)24-22(28)21(27)23-15(2)16-9-4-3-5-10-16/h3-11,15H,12-13H2,1-2H3,(H,23,27)(H,24,28)/t15-/m1/s1. The summed E-state index contributed by atoms with van der Waals surface area (Å²) in [6.07, 6.45) is 0. The quantitative estimate of drug-likeness (QED) is 0.647. The predicted octanol–water partition coefficient (Wildman–Crippen LogP) is 3.74. The van der Waals surface area contributed by atoms with Crippen molar-refractivity contribution in [2.24, 2.45) is 0 Å². The molecule has 2 aromatic carbocycles. The number of aromatic nitrogens is 2. The van der Waals surface area contributed by atoms with Gasteiger partial charge in [-0.25, -0.2) is 4.68 Å². The summed E-state index contributed by atoms with van der Waals surface area (Å²) in [5, 5.41) is 10.3. The molecular formula is C22H22N4O2S. The molecule has 29 heavy (non-hydrogen) atoms. The number of benzene rings is 2. The van der Waals surface area contributed by atoms with Crippen molar-refractivity contribution in [3.8, 4) is 5.69 Å². The summed E-state index contributed by atoms with van der Waals surface area (Å²) in [5.41, 5.74) is 4.80. The molecule has 4 rings (SSSR count). The second-order valence-electron chi connectivity index (χ2n) is 7.02. The first kappa shape index (κ1) is 19.3. The molecular weight excluding hydrogens is 384 g/mol. The monoisotopic (exact) mass is 406 g/mol. The van der Waals surface area contributed by atoms with E-state index < -0.39 is 11.8 Å². The Labute approximate surface area is 173 Å². The second kappa shape index (κ2) is 8.13. The molecule has 1 atom stereocenters. The summed E-state index contributed by atoms with van der Waals surface area (Å²) >= 11 is 1.75. The highest BCUT2D eigenvalue weighted by Gasteiger charge is 2.27. The van der Waals surface area contributed by atoms with Gasteiger partial charge in [0.05, 0.1) is 17.4 Å². The number of amides is 2. The lowest BCUT2D eigenvalue weighted by Gasteiger charge is -2.15. The number of rotatable bonds is 4. The van der Waals surface area contributed by atoms with Gasteiger partial charge in [-0.3, -0.25) is 9.59 Å². The molecule has 1 aliphatic rings. The minimum atomic E-state index is -0.692. The fraction of sp³-hybridized carbons (Fsp3) is 0.227. The van der Waals surface area contributed by atoms with Crippen molar-refractivity contribution in [3.63, 3.8) is 0 Å². The fourth-order valence-electron chi connectivity index (χ4n) is 3.37. The van der Waals surface area contributed by atoms with E-state index in [0.717, 1.165) is 39.6 Å². The summed E-state index contributed by atoms with van der Waals surface area (Å²) in [4.78, 5) is 25.2. The summed E-state index contributed by atoms with van der Waals surface area (Å²) in [5.74, 6) is 0.778. The summed E-state index contributed by atoms with van der Waals surface area (Å²) in [7, 11) is 0. The van der Waals surface area contributed by atoms with Crippen LogP contribution in [0.5, 0.6) is 0 Å². The number of hydrogen-bond donors (Lipinski definition) is 2. The van der Waals surface area contributed by atoms with Gasteiger partial charge in [-0.1, -0.05) is 48.5 Å². The van der Waals surface area contributed by atoms with Crippen molar-refractivity contribution in [2.75, 3.05) is 5.32 Å². The van der Waals surface area contributed by atoms with Crippen molar-refractivity contribution < 1.29 is 9.59 Å². The summed E-state index contributed by atoms with van der Waals surface area (Å²) < 4.78 is 1.74. The SMILES string of the molecule is Cc1ccccc1-n1nc2c(c1NC(=O)C(=O)N[C@H](C)c1ccccc1)CSC2.